The maximum Gasteiger partial charge on any atom is 0.222 e. The molecule has 1 aromatic carbocycles. The zero-order chi connectivity index (χ0) is 16.1. The summed E-state index contributed by atoms with van der Waals surface area (Å²) >= 11 is 3.50. The Labute approximate surface area is 146 Å². The van der Waals surface area contributed by atoms with E-state index in [1.54, 1.807) is 0 Å². The molecule has 1 aromatic rings. The monoisotopic (exact) mass is 380 g/mol. The topological polar surface area (TPSA) is 41.6 Å². The Morgan fingerprint density at radius 1 is 1.35 bits per heavy atom. The van der Waals surface area contributed by atoms with Crippen LogP contribution in [0, 0.1) is 5.92 Å². The van der Waals surface area contributed by atoms with Crippen LogP contribution in [0.2, 0.25) is 0 Å². The third-order valence-electron chi connectivity index (χ3n) is 4.86. The van der Waals surface area contributed by atoms with Crippen LogP contribution in [-0.2, 0) is 9.53 Å². The van der Waals surface area contributed by atoms with Crippen LogP contribution in [0.3, 0.4) is 0 Å². The SMILES string of the molecule is O=C(CCC1CCNCC1)N1CCOC(c2cccc(Br)c2)C1. The molecule has 0 bridgehead atoms. The fourth-order valence-electron chi connectivity index (χ4n) is 3.44. The van der Waals surface area contributed by atoms with Crippen molar-refractivity contribution in [1.29, 1.82) is 0 Å². The predicted molar refractivity (Wildman–Crippen MR) is 94.2 cm³/mol. The third-order valence-corrected chi connectivity index (χ3v) is 5.36. The number of morpholine rings is 1. The molecule has 2 saturated heterocycles. The van der Waals surface area contributed by atoms with E-state index in [0.29, 0.717) is 25.5 Å². The van der Waals surface area contributed by atoms with Gasteiger partial charge in [-0.2, -0.15) is 0 Å². The van der Waals surface area contributed by atoms with Gasteiger partial charge in [-0.3, -0.25) is 4.79 Å². The molecule has 0 spiro atoms. The first kappa shape index (κ1) is 16.9. The summed E-state index contributed by atoms with van der Waals surface area (Å²) in [5.41, 5.74) is 1.13. The standard InChI is InChI=1S/C18H25BrN2O2/c19-16-3-1-2-15(12-16)17-13-21(10-11-23-17)18(22)5-4-14-6-8-20-9-7-14/h1-3,12,14,17,20H,4-11,13H2. The second-order valence-electron chi connectivity index (χ2n) is 6.49. The molecule has 0 aliphatic carbocycles. The van der Waals surface area contributed by atoms with Crippen LogP contribution < -0.4 is 5.32 Å². The first-order chi connectivity index (χ1) is 11.2. The van der Waals surface area contributed by atoms with Crippen molar-refractivity contribution in [2.24, 2.45) is 5.92 Å². The quantitative estimate of drug-likeness (QED) is 0.872. The molecule has 2 aliphatic rings. The molecule has 2 aliphatic heterocycles. The molecule has 1 amide bonds. The average Bonchev–Trinajstić information content (AvgIpc) is 2.61. The number of carbonyl (C=O) groups is 1. The number of halogens is 1. The van der Waals surface area contributed by atoms with E-state index in [-0.39, 0.29) is 12.0 Å². The number of carbonyl (C=O) groups excluding carboxylic acids is 1. The lowest BCUT2D eigenvalue weighted by Crippen LogP contribution is -2.42. The summed E-state index contributed by atoms with van der Waals surface area (Å²) in [6.07, 6.45) is 4.10. The van der Waals surface area contributed by atoms with Crippen molar-refractivity contribution >= 4 is 21.8 Å². The van der Waals surface area contributed by atoms with Gasteiger partial charge in [0.05, 0.1) is 13.2 Å². The van der Waals surface area contributed by atoms with Gasteiger partial charge in [0.25, 0.3) is 0 Å². The summed E-state index contributed by atoms with van der Waals surface area (Å²) in [6, 6.07) is 8.17. The first-order valence-electron chi connectivity index (χ1n) is 8.58. The van der Waals surface area contributed by atoms with Crippen molar-refractivity contribution in [3.8, 4) is 0 Å². The molecule has 3 rings (SSSR count). The highest BCUT2D eigenvalue weighted by atomic mass is 79.9. The number of nitrogens with one attached hydrogen (secondary N) is 1. The van der Waals surface area contributed by atoms with Crippen LogP contribution in [0.25, 0.3) is 0 Å². The number of rotatable bonds is 4. The molecule has 126 valence electrons. The summed E-state index contributed by atoms with van der Waals surface area (Å²) in [6.45, 7) is 4.20. The molecule has 5 heteroatoms. The Hall–Kier alpha value is -0.910. The van der Waals surface area contributed by atoms with Gasteiger partial charge in [-0.15, -0.1) is 0 Å². The van der Waals surface area contributed by atoms with E-state index >= 15 is 0 Å². The van der Waals surface area contributed by atoms with Crippen LogP contribution >= 0.6 is 15.9 Å². The fourth-order valence-corrected chi connectivity index (χ4v) is 3.86. The van der Waals surface area contributed by atoms with Crippen LogP contribution in [-0.4, -0.2) is 43.6 Å². The highest BCUT2D eigenvalue weighted by molar-refractivity contribution is 9.10. The van der Waals surface area contributed by atoms with Gasteiger partial charge in [0.15, 0.2) is 0 Å². The fraction of sp³-hybridized carbons (Fsp3) is 0.611. The van der Waals surface area contributed by atoms with Gasteiger partial charge < -0.3 is 15.0 Å². The molecule has 2 fully saturated rings. The van der Waals surface area contributed by atoms with E-state index in [1.165, 1.54) is 12.8 Å². The van der Waals surface area contributed by atoms with Gasteiger partial charge in [0.2, 0.25) is 5.91 Å². The smallest absolute Gasteiger partial charge is 0.222 e. The van der Waals surface area contributed by atoms with E-state index in [4.69, 9.17) is 4.74 Å². The van der Waals surface area contributed by atoms with Gasteiger partial charge in [0, 0.05) is 17.4 Å². The van der Waals surface area contributed by atoms with Gasteiger partial charge >= 0.3 is 0 Å². The van der Waals surface area contributed by atoms with Gasteiger partial charge in [0.1, 0.15) is 6.10 Å². The van der Waals surface area contributed by atoms with Crippen LogP contribution in [0.4, 0.5) is 0 Å². The summed E-state index contributed by atoms with van der Waals surface area (Å²) in [7, 11) is 0. The van der Waals surface area contributed by atoms with E-state index in [9.17, 15) is 4.79 Å². The van der Waals surface area contributed by atoms with Crippen molar-refractivity contribution in [2.75, 3.05) is 32.8 Å². The van der Waals surface area contributed by atoms with E-state index in [2.05, 4.69) is 33.4 Å². The first-order valence-corrected chi connectivity index (χ1v) is 9.37. The van der Waals surface area contributed by atoms with E-state index in [1.807, 2.05) is 17.0 Å². The van der Waals surface area contributed by atoms with Crippen molar-refractivity contribution in [2.45, 2.75) is 31.8 Å². The second-order valence-corrected chi connectivity index (χ2v) is 7.40. The zero-order valence-electron chi connectivity index (χ0n) is 13.5. The number of piperidine rings is 1. The minimum absolute atomic E-state index is 0.0101. The van der Waals surface area contributed by atoms with Crippen LogP contribution in [0.15, 0.2) is 28.7 Å². The van der Waals surface area contributed by atoms with Crippen molar-refractivity contribution in [1.82, 2.24) is 10.2 Å². The van der Waals surface area contributed by atoms with Crippen molar-refractivity contribution in [3.63, 3.8) is 0 Å². The van der Waals surface area contributed by atoms with Gasteiger partial charge in [-0.25, -0.2) is 0 Å². The lowest BCUT2D eigenvalue weighted by atomic mass is 9.93. The molecular weight excluding hydrogens is 356 g/mol. The van der Waals surface area contributed by atoms with Gasteiger partial charge in [-0.1, -0.05) is 28.1 Å². The number of benzene rings is 1. The second kappa shape index (κ2) is 8.27. The molecule has 0 saturated carbocycles. The van der Waals surface area contributed by atoms with Crippen LogP contribution in [0.5, 0.6) is 0 Å². The number of hydrogen-bond donors (Lipinski definition) is 1. The highest BCUT2D eigenvalue weighted by Gasteiger charge is 2.26. The maximum absolute atomic E-state index is 12.5. The van der Waals surface area contributed by atoms with Gasteiger partial charge in [-0.05, 0) is 56.0 Å². The molecule has 0 aromatic heterocycles. The molecule has 1 atom stereocenters. The average molecular weight is 381 g/mol. The summed E-state index contributed by atoms with van der Waals surface area (Å²) in [5.74, 6) is 0.994. The minimum atomic E-state index is -0.0101. The molecule has 1 N–H and O–H groups in total. The summed E-state index contributed by atoms with van der Waals surface area (Å²) in [5, 5.41) is 3.38. The molecule has 23 heavy (non-hydrogen) atoms. The Morgan fingerprint density at radius 3 is 2.96 bits per heavy atom. The Morgan fingerprint density at radius 2 is 2.17 bits per heavy atom. The van der Waals surface area contributed by atoms with E-state index in [0.717, 1.165) is 36.1 Å². The number of hydrogen-bond acceptors (Lipinski definition) is 3. The van der Waals surface area contributed by atoms with E-state index < -0.39 is 0 Å². The normalized spacial score (nSPS) is 23.0. The lowest BCUT2D eigenvalue weighted by molar-refractivity contribution is -0.139. The van der Waals surface area contributed by atoms with Crippen molar-refractivity contribution in [3.05, 3.63) is 34.3 Å². The Bertz CT molecular complexity index is 532. The molecular formula is C18H25BrN2O2. The van der Waals surface area contributed by atoms with Crippen LogP contribution in [0.1, 0.15) is 37.4 Å². The molecule has 1 unspecified atom stereocenters. The minimum Gasteiger partial charge on any atom is -0.370 e. The third kappa shape index (κ3) is 4.78. The Kier molecular flexibility index (Phi) is 6.08. The Balaban J connectivity index is 1.52. The largest absolute Gasteiger partial charge is 0.370 e. The van der Waals surface area contributed by atoms with Crippen molar-refractivity contribution < 1.29 is 9.53 Å². The summed E-state index contributed by atoms with van der Waals surface area (Å²) in [4.78, 5) is 14.5. The maximum atomic E-state index is 12.5. The predicted octanol–water partition coefficient (Wildman–Crippen LogP) is 3.13. The summed E-state index contributed by atoms with van der Waals surface area (Å²) < 4.78 is 6.92. The number of ether oxygens (including phenoxy) is 1. The highest BCUT2D eigenvalue weighted by Crippen LogP contribution is 2.26. The number of amides is 1. The zero-order valence-corrected chi connectivity index (χ0v) is 15.1. The lowest BCUT2D eigenvalue weighted by Gasteiger charge is -2.34. The number of nitrogens with zero attached hydrogens (tertiary/aromatic N) is 1. The molecule has 0 radical (unpaired) electrons. The molecule has 2 heterocycles. The molecule has 4 nitrogen and oxygen atoms in total.